The van der Waals surface area contributed by atoms with E-state index in [0.717, 1.165) is 16.7 Å². The van der Waals surface area contributed by atoms with Crippen LogP contribution in [0.5, 0.6) is 0 Å². The van der Waals surface area contributed by atoms with Crippen LogP contribution in [0.1, 0.15) is 32.4 Å². The summed E-state index contributed by atoms with van der Waals surface area (Å²) in [5.74, 6) is -1.90. The van der Waals surface area contributed by atoms with Crippen LogP contribution in [0.15, 0.2) is 64.1 Å². The SMILES string of the molecule is COC(=O)c1ccc(CN2C(=O)SC(=Cc3cccn3-c3ccc(C(=O)O)cc3)C2=O)o1. The second kappa shape index (κ2) is 8.60. The van der Waals surface area contributed by atoms with Gasteiger partial charge in [0, 0.05) is 17.6 Å². The number of carboxylic acid groups (broad SMARTS) is 1. The van der Waals surface area contributed by atoms with Crippen molar-refractivity contribution in [3.05, 3.63) is 82.4 Å². The van der Waals surface area contributed by atoms with E-state index in [1.54, 1.807) is 41.1 Å². The molecule has 162 valence electrons. The van der Waals surface area contributed by atoms with Crippen molar-refractivity contribution in [2.45, 2.75) is 6.54 Å². The first-order valence-corrected chi connectivity index (χ1v) is 10.1. The zero-order valence-electron chi connectivity index (χ0n) is 16.7. The number of hydrogen-bond acceptors (Lipinski definition) is 7. The van der Waals surface area contributed by atoms with Crippen LogP contribution in [0.25, 0.3) is 11.8 Å². The van der Waals surface area contributed by atoms with E-state index in [2.05, 4.69) is 4.74 Å². The lowest BCUT2D eigenvalue weighted by atomic mass is 10.2. The van der Waals surface area contributed by atoms with Crippen LogP contribution in [0.3, 0.4) is 0 Å². The van der Waals surface area contributed by atoms with E-state index in [4.69, 9.17) is 9.52 Å². The molecule has 2 aromatic heterocycles. The number of aromatic carboxylic acids is 1. The molecular formula is C22H16N2O7S. The largest absolute Gasteiger partial charge is 0.478 e. The summed E-state index contributed by atoms with van der Waals surface area (Å²) in [6.45, 7) is -0.114. The van der Waals surface area contributed by atoms with Gasteiger partial charge in [-0.05, 0) is 66.4 Å². The molecule has 10 heteroatoms. The quantitative estimate of drug-likeness (QED) is 0.443. The summed E-state index contributed by atoms with van der Waals surface area (Å²) in [5, 5.41) is 8.60. The topological polar surface area (TPSA) is 119 Å². The molecule has 3 aromatic rings. The minimum absolute atomic E-state index is 0.0169. The summed E-state index contributed by atoms with van der Waals surface area (Å²) in [6.07, 6.45) is 3.36. The van der Waals surface area contributed by atoms with Crippen LogP contribution in [0.4, 0.5) is 4.79 Å². The molecule has 0 atom stereocenters. The van der Waals surface area contributed by atoms with Gasteiger partial charge in [0.1, 0.15) is 5.76 Å². The average Bonchev–Trinajstić information content (AvgIpc) is 3.50. The molecule has 0 bridgehead atoms. The number of hydrogen-bond donors (Lipinski definition) is 1. The second-order valence-electron chi connectivity index (χ2n) is 6.68. The van der Waals surface area contributed by atoms with Gasteiger partial charge in [0.25, 0.3) is 11.1 Å². The highest BCUT2D eigenvalue weighted by atomic mass is 32.2. The van der Waals surface area contributed by atoms with Crippen LogP contribution in [0.2, 0.25) is 0 Å². The van der Waals surface area contributed by atoms with Gasteiger partial charge in [-0.25, -0.2) is 9.59 Å². The molecule has 1 aliphatic rings. The molecule has 0 unspecified atom stereocenters. The maximum atomic E-state index is 12.8. The Kier molecular flexibility index (Phi) is 5.69. The van der Waals surface area contributed by atoms with Crippen molar-refractivity contribution in [3.8, 4) is 5.69 Å². The number of imide groups is 1. The smallest absolute Gasteiger partial charge is 0.373 e. The van der Waals surface area contributed by atoms with Crippen molar-refractivity contribution in [2.24, 2.45) is 0 Å². The van der Waals surface area contributed by atoms with Crippen LogP contribution in [-0.2, 0) is 16.1 Å². The fraction of sp³-hybridized carbons (Fsp3) is 0.0909. The molecule has 0 radical (unpaired) electrons. The van der Waals surface area contributed by atoms with Gasteiger partial charge >= 0.3 is 11.9 Å². The van der Waals surface area contributed by atoms with Crippen LogP contribution < -0.4 is 0 Å². The van der Waals surface area contributed by atoms with Gasteiger partial charge in [0.2, 0.25) is 5.76 Å². The van der Waals surface area contributed by atoms with Crippen LogP contribution >= 0.6 is 11.8 Å². The standard InChI is InChI=1S/C22H16N2O7S/c1-30-21(28)17-9-8-16(31-17)12-24-19(25)18(32-22(24)29)11-15-3-2-10-23(15)14-6-4-13(5-7-14)20(26)27/h2-11H,12H2,1H3,(H,26,27). The summed E-state index contributed by atoms with van der Waals surface area (Å²) >= 11 is 0.801. The molecule has 2 amide bonds. The first kappa shape index (κ1) is 21.2. The van der Waals surface area contributed by atoms with Gasteiger partial charge in [-0.1, -0.05) is 0 Å². The number of nitrogens with zero attached hydrogens (tertiary/aromatic N) is 2. The number of benzene rings is 1. The maximum Gasteiger partial charge on any atom is 0.373 e. The summed E-state index contributed by atoms with van der Waals surface area (Å²) in [7, 11) is 1.22. The van der Waals surface area contributed by atoms with Crippen molar-refractivity contribution < 1.29 is 33.4 Å². The molecule has 9 nitrogen and oxygen atoms in total. The van der Waals surface area contributed by atoms with Crippen LogP contribution in [0, 0.1) is 0 Å². The molecule has 32 heavy (non-hydrogen) atoms. The number of ether oxygens (including phenoxy) is 1. The summed E-state index contributed by atoms with van der Waals surface area (Å²) in [5.41, 5.74) is 1.51. The van der Waals surface area contributed by atoms with Gasteiger partial charge in [-0.2, -0.15) is 0 Å². The van der Waals surface area contributed by atoms with E-state index in [9.17, 15) is 19.2 Å². The number of esters is 1. The highest BCUT2D eigenvalue weighted by Gasteiger charge is 2.36. The Morgan fingerprint density at radius 2 is 1.88 bits per heavy atom. The van der Waals surface area contributed by atoms with Gasteiger partial charge in [-0.15, -0.1) is 0 Å². The molecular weight excluding hydrogens is 436 g/mol. The number of rotatable bonds is 6. The predicted octanol–water partition coefficient (Wildman–Crippen LogP) is 3.79. The normalized spacial score (nSPS) is 14.9. The van der Waals surface area contributed by atoms with E-state index >= 15 is 0 Å². The number of thioether (sulfide) groups is 1. The highest BCUT2D eigenvalue weighted by Crippen LogP contribution is 2.34. The van der Waals surface area contributed by atoms with Gasteiger partial charge < -0.3 is 18.8 Å². The first-order chi connectivity index (χ1) is 15.4. The third-order valence-corrected chi connectivity index (χ3v) is 5.59. The Balaban J connectivity index is 1.55. The Labute approximate surface area is 185 Å². The lowest BCUT2D eigenvalue weighted by Crippen LogP contribution is -2.27. The molecule has 0 spiro atoms. The van der Waals surface area contributed by atoms with Gasteiger partial charge in [0.15, 0.2) is 0 Å². The number of carbonyl (C=O) groups is 4. The molecule has 1 N–H and O–H groups in total. The highest BCUT2D eigenvalue weighted by molar-refractivity contribution is 8.18. The van der Waals surface area contributed by atoms with Crippen molar-refractivity contribution in [1.29, 1.82) is 0 Å². The fourth-order valence-electron chi connectivity index (χ4n) is 3.11. The zero-order chi connectivity index (χ0) is 22.8. The number of amides is 2. The molecule has 0 aliphatic carbocycles. The monoisotopic (exact) mass is 452 g/mol. The van der Waals surface area contributed by atoms with E-state index in [1.165, 1.54) is 31.4 Å². The number of carbonyl (C=O) groups excluding carboxylic acids is 3. The lowest BCUT2D eigenvalue weighted by Gasteiger charge is -2.10. The molecule has 1 saturated heterocycles. The summed E-state index contributed by atoms with van der Waals surface area (Å²) < 4.78 is 11.7. The number of methoxy groups -OCH3 is 1. The molecule has 1 fully saturated rings. The van der Waals surface area contributed by atoms with Gasteiger partial charge in [0.05, 0.1) is 24.1 Å². The molecule has 1 aromatic carbocycles. The first-order valence-electron chi connectivity index (χ1n) is 9.31. The fourth-order valence-corrected chi connectivity index (χ4v) is 3.93. The Morgan fingerprint density at radius 3 is 2.56 bits per heavy atom. The predicted molar refractivity (Wildman–Crippen MR) is 114 cm³/mol. The number of carboxylic acids is 1. The minimum Gasteiger partial charge on any atom is -0.478 e. The third-order valence-electron chi connectivity index (χ3n) is 4.69. The van der Waals surface area contributed by atoms with E-state index < -0.39 is 23.1 Å². The summed E-state index contributed by atoms with van der Waals surface area (Å²) in [6, 6.07) is 12.8. The minimum atomic E-state index is -1.02. The Hall–Kier alpha value is -4.05. The average molecular weight is 452 g/mol. The van der Waals surface area contributed by atoms with Crippen LogP contribution in [-0.4, -0.2) is 44.8 Å². The van der Waals surface area contributed by atoms with Crippen molar-refractivity contribution in [1.82, 2.24) is 9.47 Å². The van der Waals surface area contributed by atoms with Crippen molar-refractivity contribution in [3.63, 3.8) is 0 Å². The summed E-state index contributed by atoms with van der Waals surface area (Å²) in [4.78, 5) is 49.1. The van der Waals surface area contributed by atoms with E-state index in [0.29, 0.717) is 11.4 Å². The molecule has 1 aliphatic heterocycles. The second-order valence-corrected chi connectivity index (χ2v) is 7.67. The molecule has 0 saturated carbocycles. The van der Waals surface area contributed by atoms with Crippen molar-refractivity contribution >= 4 is 40.9 Å². The Morgan fingerprint density at radius 1 is 1.12 bits per heavy atom. The number of furan rings is 1. The molecule has 3 heterocycles. The maximum absolute atomic E-state index is 12.8. The Bertz CT molecular complexity index is 1250. The van der Waals surface area contributed by atoms with Crippen molar-refractivity contribution in [2.75, 3.05) is 7.11 Å². The van der Waals surface area contributed by atoms with E-state index in [1.807, 2.05) is 0 Å². The third kappa shape index (κ3) is 4.08. The molecule has 4 rings (SSSR count). The number of aromatic nitrogens is 1. The zero-order valence-corrected chi connectivity index (χ0v) is 17.5. The lowest BCUT2D eigenvalue weighted by molar-refractivity contribution is -0.123. The van der Waals surface area contributed by atoms with Gasteiger partial charge in [-0.3, -0.25) is 14.5 Å². The van der Waals surface area contributed by atoms with E-state index in [-0.39, 0.29) is 28.5 Å².